The van der Waals surface area contributed by atoms with Gasteiger partial charge in [-0.1, -0.05) is 0 Å². The van der Waals surface area contributed by atoms with Crippen LogP contribution in [0.4, 0.5) is 23.1 Å². The van der Waals surface area contributed by atoms with Crippen LogP contribution < -0.4 is 21.1 Å². The summed E-state index contributed by atoms with van der Waals surface area (Å²) in [5.74, 6) is 1.09. The highest BCUT2D eigenvalue weighted by atomic mass is 16.2. The van der Waals surface area contributed by atoms with Crippen molar-refractivity contribution in [1.29, 1.82) is 0 Å². The first kappa shape index (κ1) is 21.9. The van der Waals surface area contributed by atoms with Gasteiger partial charge < -0.3 is 15.5 Å². The molecule has 0 bridgehead atoms. The number of carbonyl (C=O) groups is 1. The average Bonchev–Trinajstić information content (AvgIpc) is 2.72. The van der Waals surface area contributed by atoms with E-state index < -0.39 is 0 Å². The number of benzene rings is 1. The van der Waals surface area contributed by atoms with Crippen molar-refractivity contribution >= 4 is 29.0 Å². The van der Waals surface area contributed by atoms with E-state index in [9.17, 15) is 9.59 Å². The van der Waals surface area contributed by atoms with E-state index in [2.05, 4.69) is 44.3 Å². The molecule has 31 heavy (non-hydrogen) atoms. The molecule has 0 fully saturated rings. The van der Waals surface area contributed by atoms with Crippen molar-refractivity contribution in [2.24, 2.45) is 0 Å². The Morgan fingerprint density at radius 2 is 1.68 bits per heavy atom. The quantitative estimate of drug-likeness (QED) is 0.576. The third-order valence-electron chi connectivity index (χ3n) is 4.68. The van der Waals surface area contributed by atoms with Gasteiger partial charge in [0.2, 0.25) is 11.9 Å². The highest BCUT2D eigenvalue weighted by Gasteiger charge is 2.09. The normalized spacial score (nSPS) is 10.6. The Hall–Kier alpha value is -3.75. The lowest BCUT2D eigenvalue weighted by atomic mass is 10.2. The van der Waals surface area contributed by atoms with Crippen LogP contribution in [0.5, 0.6) is 0 Å². The Bertz CT molecular complexity index is 1110. The molecular formula is C22H27N7O2. The van der Waals surface area contributed by atoms with Crippen molar-refractivity contribution < 1.29 is 4.79 Å². The molecule has 3 rings (SSSR count). The van der Waals surface area contributed by atoms with Crippen molar-refractivity contribution in [2.45, 2.75) is 34.2 Å². The zero-order valence-corrected chi connectivity index (χ0v) is 18.2. The van der Waals surface area contributed by atoms with Gasteiger partial charge in [0.15, 0.2) is 0 Å². The molecular weight excluding hydrogens is 394 g/mol. The van der Waals surface area contributed by atoms with Crippen LogP contribution in [0.1, 0.15) is 25.2 Å². The molecule has 0 atom stereocenters. The molecule has 9 heteroatoms. The van der Waals surface area contributed by atoms with Crippen LogP contribution >= 0.6 is 0 Å². The second-order valence-electron chi connectivity index (χ2n) is 7.11. The number of amides is 1. The van der Waals surface area contributed by atoms with E-state index in [0.717, 1.165) is 30.3 Å². The molecule has 0 aliphatic heterocycles. The topological polar surface area (TPSA) is 105 Å². The van der Waals surface area contributed by atoms with Gasteiger partial charge in [0.05, 0.1) is 6.33 Å². The van der Waals surface area contributed by atoms with E-state index in [1.165, 1.54) is 17.0 Å². The third-order valence-corrected chi connectivity index (χ3v) is 4.68. The Morgan fingerprint density at radius 3 is 2.32 bits per heavy atom. The fourth-order valence-electron chi connectivity index (χ4n) is 3.07. The number of rotatable bonds is 8. The monoisotopic (exact) mass is 421 g/mol. The van der Waals surface area contributed by atoms with Gasteiger partial charge >= 0.3 is 0 Å². The summed E-state index contributed by atoms with van der Waals surface area (Å²) in [6.07, 6.45) is 1.37. The average molecular weight is 422 g/mol. The minimum Gasteiger partial charge on any atom is -0.357 e. The maximum absolute atomic E-state index is 12.3. The van der Waals surface area contributed by atoms with Gasteiger partial charge in [-0.2, -0.15) is 4.98 Å². The first-order valence-electron chi connectivity index (χ1n) is 10.2. The molecule has 0 aliphatic rings. The van der Waals surface area contributed by atoms with Crippen LogP contribution in [0.3, 0.4) is 0 Å². The molecule has 2 heterocycles. The lowest BCUT2D eigenvalue weighted by Gasteiger charge is -2.20. The maximum atomic E-state index is 12.3. The SMILES string of the molecule is CCN(CC)c1cc(C)nc(Nc2ccc(NC(=O)Cn3cnc(C)cc3=O)cc2)n1. The zero-order valence-electron chi connectivity index (χ0n) is 18.2. The van der Waals surface area contributed by atoms with Crippen molar-refractivity contribution in [2.75, 3.05) is 28.6 Å². The van der Waals surface area contributed by atoms with Crippen LogP contribution in [-0.4, -0.2) is 38.5 Å². The number of aromatic nitrogens is 4. The van der Waals surface area contributed by atoms with E-state index in [0.29, 0.717) is 17.3 Å². The zero-order chi connectivity index (χ0) is 22.4. The first-order valence-corrected chi connectivity index (χ1v) is 10.2. The Labute approximate surface area is 181 Å². The number of nitrogens with zero attached hydrogens (tertiary/aromatic N) is 5. The molecule has 0 radical (unpaired) electrons. The summed E-state index contributed by atoms with van der Waals surface area (Å²) >= 11 is 0. The second-order valence-corrected chi connectivity index (χ2v) is 7.11. The van der Waals surface area contributed by atoms with Gasteiger partial charge in [-0.3, -0.25) is 14.2 Å². The van der Waals surface area contributed by atoms with E-state index in [1.54, 1.807) is 19.1 Å². The fourth-order valence-corrected chi connectivity index (χ4v) is 3.07. The van der Waals surface area contributed by atoms with Crippen LogP contribution in [-0.2, 0) is 11.3 Å². The molecule has 3 aromatic rings. The Balaban J connectivity index is 1.65. The van der Waals surface area contributed by atoms with Gasteiger partial charge in [0.1, 0.15) is 12.4 Å². The first-order chi connectivity index (χ1) is 14.9. The summed E-state index contributed by atoms with van der Waals surface area (Å²) in [5.41, 5.74) is 2.66. The maximum Gasteiger partial charge on any atom is 0.253 e. The summed E-state index contributed by atoms with van der Waals surface area (Å²) < 4.78 is 1.26. The summed E-state index contributed by atoms with van der Waals surface area (Å²) in [6.45, 7) is 9.48. The van der Waals surface area contributed by atoms with Crippen LogP contribution in [0.25, 0.3) is 0 Å². The molecule has 0 unspecified atom stereocenters. The molecule has 2 aromatic heterocycles. The smallest absolute Gasteiger partial charge is 0.253 e. The number of hydrogen-bond donors (Lipinski definition) is 2. The number of nitrogens with one attached hydrogen (secondary N) is 2. The Morgan fingerprint density at radius 1 is 1.00 bits per heavy atom. The lowest BCUT2D eigenvalue weighted by molar-refractivity contribution is -0.116. The van der Waals surface area contributed by atoms with E-state index in [4.69, 9.17) is 0 Å². The van der Waals surface area contributed by atoms with Gasteiger partial charge in [0, 0.05) is 48.0 Å². The number of carbonyl (C=O) groups excluding carboxylic acids is 1. The number of anilines is 4. The van der Waals surface area contributed by atoms with E-state index in [1.807, 2.05) is 25.1 Å². The van der Waals surface area contributed by atoms with Crippen molar-refractivity contribution in [3.63, 3.8) is 0 Å². The third kappa shape index (κ3) is 5.88. The standard InChI is InChI=1S/C22H27N7O2/c1-5-28(6-2)19-11-16(4)24-22(27-19)26-18-9-7-17(8-10-18)25-20(30)13-29-14-23-15(3)12-21(29)31/h7-12,14H,5-6,13H2,1-4H3,(H,25,30)(H,24,26,27). The minimum atomic E-state index is -0.306. The molecule has 1 aromatic carbocycles. The molecule has 0 spiro atoms. The molecule has 1 amide bonds. The van der Waals surface area contributed by atoms with Crippen molar-refractivity contribution in [1.82, 2.24) is 19.5 Å². The fraction of sp³-hybridized carbons (Fsp3) is 0.318. The lowest BCUT2D eigenvalue weighted by Crippen LogP contribution is -2.27. The summed E-state index contributed by atoms with van der Waals surface area (Å²) in [5, 5.41) is 5.99. The van der Waals surface area contributed by atoms with Crippen LogP contribution in [0.15, 0.2) is 47.5 Å². The van der Waals surface area contributed by atoms with Gasteiger partial charge in [0.25, 0.3) is 5.56 Å². The minimum absolute atomic E-state index is 0.0998. The highest BCUT2D eigenvalue weighted by molar-refractivity contribution is 5.90. The summed E-state index contributed by atoms with van der Waals surface area (Å²) in [7, 11) is 0. The predicted molar refractivity (Wildman–Crippen MR) is 122 cm³/mol. The molecule has 2 N–H and O–H groups in total. The largest absolute Gasteiger partial charge is 0.357 e. The van der Waals surface area contributed by atoms with Gasteiger partial charge in [-0.05, 0) is 52.0 Å². The molecule has 0 saturated heterocycles. The molecule has 9 nitrogen and oxygen atoms in total. The molecule has 162 valence electrons. The summed E-state index contributed by atoms with van der Waals surface area (Å²) in [6, 6.07) is 10.6. The predicted octanol–water partition coefficient (Wildman–Crippen LogP) is 2.88. The van der Waals surface area contributed by atoms with Gasteiger partial charge in [-0.25, -0.2) is 9.97 Å². The van der Waals surface area contributed by atoms with Crippen molar-refractivity contribution in [3.05, 3.63) is 64.5 Å². The number of hydrogen-bond acceptors (Lipinski definition) is 7. The molecule has 0 aliphatic carbocycles. The van der Waals surface area contributed by atoms with Crippen molar-refractivity contribution in [3.8, 4) is 0 Å². The summed E-state index contributed by atoms with van der Waals surface area (Å²) in [4.78, 5) is 39.4. The van der Waals surface area contributed by atoms with Crippen LogP contribution in [0.2, 0.25) is 0 Å². The highest BCUT2D eigenvalue weighted by Crippen LogP contribution is 2.20. The second kappa shape index (κ2) is 9.84. The Kier molecular flexibility index (Phi) is 6.96. The number of aryl methyl sites for hydroxylation is 2. The van der Waals surface area contributed by atoms with Crippen LogP contribution in [0, 0.1) is 13.8 Å². The van der Waals surface area contributed by atoms with Gasteiger partial charge in [-0.15, -0.1) is 0 Å². The van der Waals surface area contributed by atoms with E-state index in [-0.39, 0.29) is 18.0 Å². The van der Waals surface area contributed by atoms with E-state index >= 15 is 0 Å². The molecule has 0 saturated carbocycles.